The standard InChI is InChI=1S/C17H18N2OS/c1-10-6-12(19-4-3-5-19)8-14-16(10)18-17-11(2)7-13(20)9-15(17)21-14/h6-8,18H,3-5,9H2,1-2H3. The minimum atomic E-state index is 0.208. The van der Waals surface area contributed by atoms with Crippen LogP contribution in [0.15, 0.2) is 39.3 Å². The van der Waals surface area contributed by atoms with E-state index in [1.165, 1.54) is 28.3 Å². The molecule has 0 radical (unpaired) electrons. The highest BCUT2D eigenvalue weighted by atomic mass is 32.2. The van der Waals surface area contributed by atoms with Crippen molar-refractivity contribution in [1.29, 1.82) is 0 Å². The number of ketones is 1. The van der Waals surface area contributed by atoms with E-state index in [1.807, 2.05) is 6.92 Å². The predicted molar refractivity (Wildman–Crippen MR) is 87.9 cm³/mol. The molecule has 0 atom stereocenters. The number of benzene rings is 1. The Bertz CT molecular complexity index is 714. The van der Waals surface area contributed by atoms with Crippen LogP contribution < -0.4 is 10.2 Å². The maximum Gasteiger partial charge on any atom is 0.161 e. The molecule has 0 aromatic heterocycles. The third-order valence-corrected chi connectivity index (χ3v) is 5.51. The maximum atomic E-state index is 11.8. The quantitative estimate of drug-likeness (QED) is 0.853. The number of nitrogens with zero attached hydrogens (tertiary/aromatic N) is 1. The zero-order valence-electron chi connectivity index (χ0n) is 12.3. The van der Waals surface area contributed by atoms with Gasteiger partial charge in [0, 0.05) is 35.0 Å². The Labute approximate surface area is 129 Å². The summed E-state index contributed by atoms with van der Waals surface area (Å²) in [5.74, 6) is 0.208. The number of allylic oxidation sites excluding steroid dienone is 3. The van der Waals surface area contributed by atoms with Crippen LogP contribution >= 0.6 is 11.8 Å². The van der Waals surface area contributed by atoms with E-state index in [9.17, 15) is 4.79 Å². The monoisotopic (exact) mass is 298 g/mol. The van der Waals surface area contributed by atoms with Crippen LogP contribution in [0.4, 0.5) is 11.4 Å². The zero-order valence-corrected chi connectivity index (χ0v) is 13.1. The SMILES string of the molecule is CC1=CC(=O)CC2=C1Nc1c(C)cc(N3CCC3)cc1S2. The molecule has 1 aromatic rings. The van der Waals surface area contributed by atoms with Crippen molar-refractivity contribution in [1.82, 2.24) is 0 Å². The Kier molecular flexibility index (Phi) is 2.89. The first-order valence-corrected chi connectivity index (χ1v) is 8.22. The van der Waals surface area contributed by atoms with Crippen LogP contribution in [0.5, 0.6) is 0 Å². The van der Waals surface area contributed by atoms with Gasteiger partial charge in [-0.05, 0) is 49.6 Å². The Morgan fingerprint density at radius 2 is 2.05 bits per heavy atom. The third-order valence-electron chi connectivity index (χ3n) is 4.37. The lowest BCUT2D eigenvalue weighted by molar-refractivity contribution is -0.114. The molecule has 0 spiro atoms. The molecule has 0 amide bonds. The van der Waals surface area contributed by atoms with Gasteiger partial charge in [-0.2, -0.15) is 0 Å². The lowest BCUT2D eigenvalue weighted by Crippen LogP contribution is -2.37. The molecule has 1 saturated heterocycles. The summed E-state index contributed by atoms with van der Waals surface area (Å²) in [6.07, 6.45) is 3.56. The summed E-state index contributed by atoms with van der Waals surface area (Å²) in [5.41, 5.74) is 5.96. The molecule has 0 unspecified atom stereocenters. The zero-order chi connectivity index (χ0) is 14.6. The van der Waals surface area contributed by atoms with E-state index in [0.29, 0.717) is 6.42 Å². The van der Waals surface area contributed by atoms with Gasteiger partial charge in [-0.1, -0.05) is 11.8 Å². The van der Waals surface area contributed by atoms with Crippen molar-refractivity contribution in [3.8, 4) is 0 Å². The number of aryl methyl sites for hydroxylation is 1. The molecule has 0 bridgehead atoms. The average molecular weight is 298 g/mol. The van der Waals surface area contributed by atoms with E-state index in [-0.39, 0.29) is 5.78 Å². The highest BCUT2D eigenvalue weighted by molar-refractivity contribution is 8.03. The highest BCUT2D eigenvalue weighted by Crippen LogP contribution is 2.47. The molecule has 0 saturated carbocycles. The van der Waals surface area contributed by atoms with Crippen molar-refractivity contribution in [3.05, 3.63) is 39.9 Å². The Balaban J connectivity index is 1.74. The highest BCUT2D eigenvalue weighted by Gasteiger charge is 2.27. The summed E-state index contributed by atoms with van der Waals surface area (Å²) in [7, 11) is 0. The number of thioether (sulfide) groups is 1. The third kappa shape index (κ3) is 2.09. The number of carbonyl (C=O) groups is 1. The minimum Gasteiger partial charge on any atom is -0.371 e. The molecular formula is C17H18N2OS. The first kappa shape index (κ1) is 13.0. The van der Waals surface area contributed by atoms with Crippen molar-refractivity contribution >= 4 is 28.9 Å². The lowest BCUT2D eigenvalue weighted by atomic mass is 10.0. The molecule has 4 rings (SSSR count). The van der Waals surface area contributed by atoms with Crippen LogP contribution in [-0.4, -0.2) is 18.9 Å². The topological polar surface area (TPSA) is 32.3 Å². The summed E-state index contributed by atoms with van der Waals surface area (Å²) < 4.78 is 0. The summed E-state index contributed by atoms with van der Waals surface area (Å²) in [6, 6.07) is 4.53. The van der Waals surface area contributed by atoms with Crippen LogP contribution in [0.3, 0.4) is 0 Å². The summed E-state index contributed by atoms with van der Waals surface area (Å²) >= 11 is 1.76. The largest absolute Gasteiger partial charge is 0.371 e. The Morgan fingerprint density at radius 3 is 2.76 bits per heavy atom. The molecule has 2 aliphatic heterocycles. The Hall–Kier alpha value is -1.68. The number of hydrogen-bond acceptors (Lipinski definition) is 4. The molecule has 1 N–H and O–H groups in total. The van der Waals surface area contributed by atoms with Crippen molar-refractivity contribution < 1.29 is 4.79 Å². The number of fused-ring (bicyclic) bond motifs is 1. The van der Waals surface area contributed by atoms with Gasteiger partial charge in [0.15, 0.2) is 5.78 Å². The molecule has 1 aliphatic carbocycles. The number of hydrogen-bond donors (Lipinski definition) is 1. The molecule has 21 heavy (non-hydrogen) atoms. The van der Waals surface area contributed by atoms with Gasteiger partial charge in [0.25, 0.3) is 0 Å². The molecule has 2 heterocycles. The van der Waals surface area contributed by atoms with Gasteiger partial charge >= 0.3 is 0 Å². The van der Waals surface area contributed by atoms with E-state index < -0.39 is 0 Å². The van der Waals surface area contributed by atoms with Gasteiger partial charge in [0.05, 0.1) is 11.4 Å². The summed E-state index contributed by atoms with van der Waals surface area (Å²) in [5, 5.41) is 3.56. The van der Waals surface area contributed by atoms with Crippen LogP contribution in [-0.2, 0) is 4.79 Å². The number of rotatable bonds is 1. The van der Waals surface area contributed by atoms with Gasteiger partial charge < -0.3 is 10.2 Å². The number of carbonyl (C=O) groups excluding carboxylic acids is 1. The first-order chi connectivity index (χ1) is 10.1. The van der Waals surface area contributed by atoms with Crippen molar-refractivity contribution in [2.24, 2.45) is 0 Å². The van der Waals surface area contributed by atoms with Crippen molar-refractivity contribution in [2.75, 3.05) is 23.3 Å². The normalized spacial score (nSPS) is 20.4. The molecule has 1 fully saturated rings. The fraction of sp³-hybridized carbons (Fsp3) is 0.353. The van der Waals surface area contributed by atoms with Gasteiger partial charge in [-0.25, -0.2) is 0 Å². The van der Waals surface area contributed by atoms with Crippen molar-refractivity contribution in [2.45, 2.75) is 31.6 Å². The van der Waals surface area contributed by atoms with E-state index in [0.717, 1.165) is 29.3 Å². The van der Waals surface area contributed by atoms with Crippen LogP contribution in [0, 0.1) is 6.92 Å². The molecule has 4 heteroatoms. The van der Waals surface area contributed by atoms with Gasteiger partial charge in [0.2, 0.25) is 0 Å². The average Bonchev–Trinajstić information content (AvgIpc) is 2.34. The first-order valence-electron chi connectivity index (χ1n) is 7.41. The summed E-state index contributed by atoms with van der Waals surface area (Å²) in [4.78, 5) is 16.6. The number of anilines is 2. The van der Waals surface area contributed by atoms with E-state index >= 15 is 0 Å². The number of nitrogens with one attached hydrogen (secondary N) is 1. The molecular weight excluding hydrogens is 280 g/mol. The fourth-order valence-corrected chi connectivity index (χ4v) is 4.37. The van der Waals surface area contributed by atoms with Crippen LogP contribution in [0.2, 0.25) is 0 Å². The molecule has 108 valence electrons. The minimum absolute atomic E-state index is 0.208. The van der Waals surface area contributed by atoms with E-state index in [4.69, 9.17) is 0 Å². The van der Waals surface area contributed by atoms with Gasteiger partial charge in [0.1, 0.15) is 0 Å². The van der Waals surface area contributed by atoms with Crippen LogP contribution in [0.1, 0.15) is 25.3 Å². The molecule has 1 aromatic carbocycles. The van der Waals surface area contributed by atoms with Gasteiger partial charge in [-0.3, -0.25) is 4.79 Å². The predicted octanol–water partition coefficient (Wildman–Crippen LogP) is 3.85. The second kappa shape index (κ2) is 4.67. The van der Waals surface area contributed by atoms with Crippen LogP contribution in [0.25, 0.3) is 0 Å². The van der Waals surface area contributed by atoms with Crippen molar-refractivity contribution in [3.63, 3.8) is 0 Å². The Morgan fingerprint density at radius 1 is 1.24 bits per heavy atom. The lowest BCUT2D eigenvalue weighted by Gasteiger charge is -2.35. The van der Waals surface area contributed by atoms with E-state index in [1.54, 1.807) is 17.8 Å². The maximum absolute atomic E-state index is 11.8. The second-order valence-electron chi connectivity index (χ2n) is 5.97. The fourth-order valence-electron chi connectivity index (χ4n) is 3.08. The molecule has 3 aliphatic rings. The molecule has 3 nitrogen and oxygen atoms in total. The van der Waals surface area contributed by atoms with Gasteiger partial charge in [-0.15, -0.1) is 0 Å². The second-order valence-corrected chi connectivity index (χ2v) is 7.11. The smallest absolute Gasteiger partial charge is 0.161 e. The summed E-state index contributed by atoms with van der Waals surface area (Å²) in [6.45, 7) is 6.48. The van der Waals surface area contributed by atoms with E-state index in [2.05, 4.69) is 29.3 Å².